The van der Waals surface area contributed by atoms with Crippen LogP contribution in [-0.4, -0.2) is 35.9 Å². The number of amides is 1. The highest BCUT2D eigenvalue weighted by Crippen LogP contribution is 2.26. The molecular weight excluding hydrogens is 365 g/mol. The van der Waals surface area contributed by atoms with E-state index in [9.17, 15) is 26.7 Å². The Morgan fingerprint density at radius 3 is 2.38 bits per heavy atom. The fourth-order valence-corrected chi connectivity index (χ4v) is 1.96. The van der Waals surface area contributed by atoms with Crippen molar-refractivity contribution in [2.75, 3.05) is 5.32 Å². The lowest BCUT2D eigenvalue weighted by molar-refractivity contribution is -0.144. The molecule has 3 rings (SSSR count). The van der Waals surface area contributed by atoms with Gasteiger partial charge in [-0.1, -0.05) is 0 Å². The third-order valence-corrected chi connectivity index (χ3v) is 3.02. The van der Waals surface area contributed by atoms with E-state index in [0.29, 0.717) is 6.07 Å². The van der Waals surface area contributed by atoms with Crippen LogP contribution in [0.3, 0.4) is 0 Å². The summed E-state index contributed by atoms with van der Waals surface area (Å²) < 4.78 is 64.7. The van der Waals surface area contributed by atoms with E-state index < -0.39 is 41.3 Å². The van der Waals surface area contributed by atoms with Crippen molar-refractivity contribution >= 4 is 11.6 Å². The van der Waals surface area contributed by atoms with Crippen molar-refractivity contribution < 1.29 is 26.7 Å². The molecule has 1 aromatic carbocycles. The maximum atomic E-state index is 13.1. The summed E-state index contributed by atoms with van der Waals surface area (Å²) in [7, 11) is 0. The van der Waals surface area contributed by atoms with Crippen LogP contribution in [0, 0.1) is 18.6 Å². The highest BCUT2D eigenvalue weighted by atomic mass is 19.4. The van der Waals surface area contributed by atoms with E-state index in [-0.39, 0.29) is 11.5 Å². The molecule has 26 heavy (non-hydrogen) atoms. The Bertz CT molecular complexity index is 957. The fourth-order valence-electron chi connectivity index (χ4n) is 1.96. The number of H-pyrrole nitrogens is 1. The van der Waals surface area contributed by atoms with Crippen molar-refractivity contribution in [1.82, 2.24) is 29.9 Å². The van der Waals surface area contributed by atoms with Crippen LogP contribution in [0.1, 0.15) is 22.3 Å². The summed E-state index contributed by atoms with van der Waals surface area (Å²) in [5.74, 6) is -4.99. The lowest BCUT2D eigenvalue weighted by atomic mass is 10.3. The first-order valence-electron chi connectivity index (χ1n) is 6.84. The second kappa shape index (κ2) is 6.16. The Labute approximate surface area is 141 Å². The van der Waals surface area contributed by atoms with Gasteiger partial charge in [0.15, 0.2) is 0 Å². The highest BCUT2D eigenvalue weighted by Gasteiger charge is 2.35. The van der Waals surface area contributed by atoms with E-state index in [0.717, 1.165) is 16.8 Å². The highest BCUT2D eigenvalue weighted by molar-refractivity contribution is 6.01. The molecule has 8 nitrogen and oxygen atoms in total. The number of aryl methyl sites for hydroxylation is 1. The van der Waals surface area contributed by atoms with Gasteiger partial charge in [0.05, 0.1) is 0 Å². The summed E-state index contributed by atoms with van der Waals surface area (Å²) in [5.41, 5.74) is -0.182. The van der Waals surface area contributed by atoms with E-state index >= 15 is 0 Å². The second-order valence-corrected chi connectivity index (χ2v) is 4.99. The van der Waals surface area contributed by atoms with Gasteiger partial charge in [-0.25, -0.2) is 13.8 Å². The molecule has 0 fully saturated rings. The first kappa shape index (κ1) is 17.4. The van der Waals surface area contributed by atoms with Crippen LogP contribution in [0.5, 0.6) is 0 Å². The number of hydrogen-bond donors (Lipinski definition) is 2. The number of nitrogens with one attached hydrogen (secondary N) is 2. The lowest BCUT2D eigenvalue weighted by Gasteiger charge is -2.02. The largest absolute Gasteiger partial charge is 0.451 e. The van der Waals surface area contributed by atoms with E-state index in [2.05, 4.69) is 25.5 Å². The topological polar surface area (TPSA) is 101 Å². The van der Waals surface area contributed by atoms with Crippen molar-refractivity contribution in [3.05, 3.63) is 47.3 Å². The number of alkyl halides is 3. The average Bonchev–Trinajstić information content (AvgIpc) is 3.11. The zero-order chi connectivity index (χ0) is 19.1. The summed E-state index contributed by atoms with van der Waals surface area (Å²) in [6, 6.07) is 2.36. The zero-order valence-electron chi connectivity index (χ0n) is 12.8. The van der Waals surface area contributed by atoms with Crippen LogP contribution in [0.25, 0.3) is 5.95 Å². The smallest absolute Gasteiger partial charge is 0.319 e. The molecule has 0 atom stereocenters. The van der Waals surface area contributed by atoms with Gasteiger partial charge in [-0.2, -0.15) is 22.8 Å². The normalized spacial score (nSPS) is 11.6. The van der Waals surface area contributed by atoms with Crippen molar-refractivity contribution in [2.45, 2.75) is 13.1 Å². The van der Waals surface area contributed by atoms with E-state index in [1.165, 1.54) is 6.92 Å². The molecule has 136 valence electrons. The first-order valence-corrected chi connectivity index (χ1v) is 6.84. The number of halogens is 5. The van der Waals surface area contributed by atoms with Crippen molar-refractivity contribution in [1.29, 1.82) is 0 Å². The minimum atomic E-state index is -4.73. The van der Waals surface area contributed by atoms with Crippen molar-refractivity contribution in [3.63, 3.8) is 0 Å². The monoisotopic (exact) mass is 373 g/mol. The summed E-state index contributed by atoms with van der Waals surface area (Å²) in [4.78, 5) is 19.1. The minimum absolute atomic E-state index is 0.0216. The van der Waals surface area contributed by atoms with E-state index in [1.807, 2.05) is 0 Å². The van der Waals surface area contributed by atoms with Crippen LogP contribution in [-0.2, 0) is 6.18 Å². The van der Waals surface area contributed by atoms with Gasteiger partial charge >= 0.3 is 6.18 Å². The number of benzene rings is 1. The third-order valence-electron chi connectivity index (χ3n) is 3.02. The molecule has 0 aliphatic carbocycles. The number of carbonyl (C=O) groups is 1. The maximum absolute atomic E-state index is 13.1. The van der Waals surface area contributed by atoms with Gasteiger partial charge in [0.1, 0.15) is 17.5 Å². The van der Waals surface area contributed by atoms with Crippen LogP contribution < -0.4 is 5.32 Å². The number of carbonyl (C=O) groups excluding carboxylic acids is 1. The molecule has 0 saturated heterocycles. The quantitative estimate of drug-likeness (QED) is 0.686. The number of hydrogen-bond acceptors (Lipinski definition) is 5. The summed E-state index contributed by atoms with van der Waals surface area (Å²) in [6.07, 6.45) is -4.73. The van der Waals surface area contributed by atoms with E-state index in [1.54, 1.807) is 5.10 Å². The predicted molar refractivity (Wildman–Crippen MR) is 75.3 cm³/mol. The SMILES string of the molecule is Cc1nc(C(=O)Nc2cc(F)cc(F)c2)nn1-c1n[nH]c(C(F)(F)F)n1. The third kappa shape index (κ3) is 3.50. The molecule has 0 saturated carbocycles. The molecule has 0 radical (unpaired) electrons. The molecule has 2 N–H and O–H groups in total. The Kier molecular flexibility index (Phi) is 4.13. The molecular formula is C13H8F5N7O. The molecule has 0 aliphatic heterocycles. The average molecular weight is 373 g/mol. The Morgan fingerprint density at radius 1 is 1.15 bits per heavy atom. The van der Waals surface area contributed by atoms with Gasteiger partial charge in [0, 0.05) is 11.8 Å². The maximum Gasteiger partial charge on any atom is 0.451 e. The number of nitrogens with zero attached hydrogens (tertiary/aromatic N) is 5. The Balaban J connectivity index is 1.85. The molecule has 13 heteroatoms. The molecule has 2 heterocycles. The zero-order valence-corrected chi connectivity index (χ0v) is 12.8. The first-order chi connectivity index (χ1) is 12.1. The predicted octanol–water partition coefficient (Wildman–Crippen LogP) is 2.24. The van der Waals surface area contributed by atoms with Crippen LogP contribution in [0.15, 0.2) is 18.2 Å². The number of anilines is 1. The number of aromatic amines is 1. The van der Waals surface area contributed by atoms with E-state index in [4.69, 9.17) is 0 Å². The van der Waals surface area contributed by atoms with Gasteiger partial charge < -0.3 is 5.32 Å². The van der Waals surface area contributed by atoms with Crippen LogP contribution >= 0.6 is 0 Å². The van der Waals surface area contributed by atoms with Gasteiger partial charge in [-0.05, 0) is 19.1 Å². The van der Waals surface area contributed by atoms with Gasteiger partial charge in [-0.15, -0.1) is 10.2 Å². The summed E-state index contributed by atoms with van der Waals surface area (Å²) >= 11 is 0. The summed E-state index contributed by atoms with van der Waals surface area (Å²) in [6.45, 7) is 1.36. The molecule has 1 amide bonds. The molecule has 0 aliphatic rings. The molecule has 0 bridgehead atoms. The van der Waals surface area contributed by atoms with Crippen LogP contribution in [0.4, 0.5) is 27.6 Å². The van der Waals surface area contributed by atoms with Gasteiger partial charge in [-0.3, -0.25) is 9.89 Å². The molecule has 0 spiro atoms. The van der Waals surface area contributed by atoms with Crippen molar-refractivity contribution in [2.24, 2.45) is 0 Å². The molecule has 0 unspecified atom stereocenters. The fraction of sp³-hybridized carbons (Fsp3) is 0.154. The van der Waals surface area contributed by atoms with Crippen molar-refractivity contribution in [3.8, 4) is 5.95 Å². The van der Waals surface area contributed by atoms with Crippen LogP contribution in [0.2, 0.25) is 0 Å². The molecule has 3 aromatic rings. The Hall–Kier alpha value is -3.38. The Morgan fingerprint density at radius 2 is 1.81 bits per heavy atom. The van der Waals surface area contributed by atoms with Gasteiger partial charge in [0.25, 0.3) is 11.9 Å². The second-order valence-electron chi connectivity index (χ2n) is 4.99. The van der Waals surface area contributed by atoms with Gasteiger partial charge in [0.2, 0.25) is 11.6 Å². The summed E-state index contributed by atoms with van der Waals surface area (Å²) in [5, 5.41) is 11.0. The lowest BCUT2D eigenvalue weighted by Crippen LogP contribution is -2.14. The number of aromatic nitrogens is 6. The number of rotatable bonds is 3. The molecule has 2 aromatic heterocycles. The standard InChI is InChI=1S/C13H8F5N7O/c1-5-19-9(10(26)20-8-3-6(14)2-7(15)4-8)24-25(5)12-21-11(22-23-12)13(16,17)18/h2-4H,1H3,(H,20,26)(H,21,22,23). The minimum Gasteiger partial charge on any atom is -0.319 e.